The Balaban J connectivity index is 1.71. The van der Waals surface area contributed by atoms with Crippen molar-refractivity contribution in [3.8, 4) is 11.3 Å². The third-order valence-corrected chi connectivity index (χ3v) is 5.61. The zero-order valence-electron chi connectivity index (χ0n) is 17.6. The van der Waals surface area contributed by atoms with Gasteiger partial charge in [0.15, 0.2) is 5.78 Å². The molecule has 0 radical (unpaired) electrons. The Kier molecular flexibility index (Phi) is 5.47. The van der Waals surface area contributed by atoms with Crippen molar-refractivity contribution in [2.45, 2.75) is 39.3 Å². The topological polar surface area (TPSA) is 77.4 Å². The van der Waals surface area contributed by atoms with E-state index in [0.29, 0.717) is 47.1 Å². The van der Waals surface area contributed by atoms with Crippen molar-refractivity contribution >= 4 is 38.6 Å². The van der Waals surface area contributed by atoms with Gasteiger partial charge in [-0.2, -0.15) is 0 Å². The van der Waals surface area contributed by atoms with Crippen molar-refractivity contribution in [1.29, 1.82) is 0 Å². The number of rotatable bonds is 4. The number of aromatic nitrogens is 1. The van der Waals surface area contributed by atoms with Crippen LogP contribution in [0.1, 0.15) is 43.1 Å². The Morgan fingerprint density at radius 1 is 1.06 bits per heavy atom. The largest absolute Gasteiger partial charge is 0.444 e. The van der Waals surface area contributed by atoms with Crippen molar-refractivity contribution in [2.75, 3.05) is 6.54 Å². The number of amides is 1. The lowest BCUT2D eigenvalue weighted by atomic mass is 10.0. The van der Waals surface area contributed by atoms with Gasteiger partial charge in [-0.15, -0.1) is 0 Å². The molecule has 1 aromatic heterocycles. The van der Waals surface area contributed by atoms with Gasteiger partial charge in [-0.25, -0.2) is 4.79 Å². The van der Waals surface area contributed by atoms with Crippen LogP contribution in [0.5, 0.6) is 0 Å². The maximum Gasteiger partial charge on any atom is 0.407 e. The van der Waals surface area contributed by atoms with Gasteiger partial charge in [0.1, 0.15) is 5.60 Å². The molecule has 0 fully saturated rings. The molecule has 0 saturated carbocycles. The van der Waals surface area contributed by atoms with Crippen LogP contribution in [0.2, 0.25) is 0 Å². The number of benzene rings is 2. The van der Waals surface area contributed by atoms with E-state index >= 15 is 0 Å². The Hall–Kier alpha value is -2.93. The first-order valence-electron chi connectivity index (χ1n) is 10.1. The molecule has 0 unspecified atom stereocenters. The summed E-state index contributed by atoms with van der Waals surface area (Å²) in [5.74, 6) is -0.0708. The first-order valence-corrected chi connectivity index (χ1v) is 10.9. The van der Waals surface area contributed by atoms with E-state index in [4.69, 9.17) is 4.74 Å². The molecule has 1 N–H and O–H groups in total. The number of ether oxygens (including phenoxy) is 1. The number of nitrogens with zero attached hydrogens (tertiary/aromatic N) is 1. The quantitative estimate of drug-likeness (QED) is 0.420. The monoisotopic (exact) mass is 482 g/mol. The molecule has 1 heterocycles. The summed E-state index contributed by atoms with van der Waals surface area (Å²) in [6, 6.07) is 12.8. The fourth-order valence-corrected chi connectivity index (χ4v) is 4.27. The van der Waals surface area contributed by atoms with Gasteiger partial charge >= 0.3 is 6.09 Å². The van der Waals surface area contributed by atoms with Crippen molar-refractivity contribution in [3.63, 3.8) is 0 Å². The lowest BCUT2D eigenvalue weighted by molar-refractivity contribution is 0.0526. The second kappa shape index (κ2) is 7.96. The summed E-state index contributed by atoms with van der Waals surface area (Å²) in [5, 5.41) is 3.87. The average Bonchev–Trinajstić information content (AvgIpc) is 2.99. The minimum atomic E-state index is -0.572. The molecule has 0 saturated heterocycles. The fourth-order valence-electron chi connectivity index (χ4n) is 3.91. The van der Waals surface area contributed by atoms with Crippen LogP contribution >= 0.6 is 15.9 Å². The van der Waals surface area contributed by atoms with Crippen LogP contribution in [-0.2, 0) is 11.3 Å². The molecule has 160 valence electrons. The number of alkyl carbamates (subject to hydrolysis) is 1. The maximum absolute atomic E-state index is 13.4. The number of carbonyl (C=O) groups excluding carboxylic acids is 2. The molecule has 6 nitrogen and oxygen atoms in total. The van der Waals surface area contributed by atoms with Gasteiger partial charge in [0, 0.05) is 39.5 Å². The Labute approximate surface area is 188 Å². The minimum Gasteiger partial charge on any atom is -0.444 e. The molecule has 4 rings (SSSR count). The molecule has 0 aliphatic heterocycles. The fraction of sp³-hybridized carbons (Fsp3) is 0.292. The predicted octanol–water partition coefficient (Wildman–Crippen LogP) is 4.89. The SMILES string of the molecule is CC(C)(C)OC(=O)NCCCn1c2c(c3ccc(Br)cc3c1=O)C(=O)c1ccccc1-2. The molecule has 1 aliphatic carbocycles. The van der Waals surface area contributed by atoms with Crippen LogP contribution in [0.3, 0.4) is 0 Å². The van der Waals surface area contributed by atoms with E-state index in [-0.39, 0.29) is 11.3 Å². The zero-order valence-corrected chi connectivity index (χ0v) is 19.2. The third kappa shape index (κ3) is 4.02. The predicted molar refractivity (Wildman–Crippen MR) is 124 cm³/mol. The molecular formula is C24H23BrN2O4. The molecule has 31 heavy (non-hydrogen) atoms. The molecule has 1 aliphatic rings. The van der Waals surface area contributed by atoms with Crippen molar-refractivity contribution in [1.82, 2.24) is 9.88 Å². The second-order valence-electron chi connectivity index (χ2n) is 8.53. The van der Waals surface area contributed by atoms with Crippen LogP contribution in [0.4, 0.5) is 4.79 Å². The van der Waals surface area contributed by atoms with E-state index in [1.807, 2.05) is 30.3 Å². The number of hydrogen-bond donors (Lipinski definition) is 1. The maximum atomic E-state index is 13.4. The highest BCUT2D eigenvalue weighted by molar-refractivity contribution is 9.10. The number of pyridine rings is 1. The van der Waals surface area contributed by atoms with Gasteiger partial charge in [0.25, 0.3) is 5.56 Å². The third-order valence-electron chi connectivity index (χ3n) is 5.11. The Morgan fingerprint density at radius 2 is 1.77 bits per heavy atom. The first-order chi connectivity index (χ1) is 14.7. The number of nitrogens with one attached hydrogen (secondary N) is 1. The number of ketones is 1. The average molecular weight is 483 g/mol. The number of hydrogen-bond acceptors (Lipinski definition) is 4. The number of carbonyl (C=O) groups is 2. The standard InChI is InChI=1S/C24H23BrN2O4/c1-24(2,3)31-23(30)26-11-6-12-27-20-16-7-4-5-8-17(16)21(28)19(20)15-10-9-14(25)13-18(15)22(27)29/h4-5,7-10,13H,6,11-12H2,1-3H3,(H,26,30). The lowest BCUT2D eigenvalue weighted by Gasteiger charge is -2.20. The molecule has 0 bridgehead atoms. The van der Waals surface area contributed by atoms with Gasteiger partial charge in [-0.3, -0.25) is 9.59 Å². The highest BCUT2D eigenvalue weighted by atomic mass is 79.9. The van der Waals surface area contributed by atoms with E-state index in [0.717, 1.165) is 10.0 Å². The van der Waals surface area contributed by atoms with E-state index in [1.54, 1.807) is 37.5 Å². The summed E-state index contributed by atoms with van der Waals surface area (Å²) < 4.78 is 7.68. The Bertz CT molecular complexity index is 1270. The van der Waals surface area contributed by atoms with Crippen LogP contribution in [0.15, 0.2) is 51.7 Å². The number of halogens is 1. The second-order valence-corrected chi connectivity index (χ2v) is 9.44. The normalized spacial score (nSPS) is 12.6. The van der Waals surface area contributed by atoms with E-state index in [1.165, 1.54) is 0 Å². The van der Waals surface area contributed by atoms with E-state index in [9.17, 15) is 14.4 Å². The summed E-state index contributed by atoms with van der Waals surface area (Å²) >= 11 is 3.42. The van der Waals surface area contributed by atoms with Crippen LogP contribution in [0, 0.1) is 0 Å². The summed E-state index contributed by atoms with van der Waals surface area (Å²) in [6.45, 7) is 6.12. The van der Waals surface area contributed by atoms with Crippen LogP contribution in [-0.4, -0.2) is 28.6 Å². The molecule has 0 atom stereocenters. The van der Waals surface area contributed by atoms with Gasteiger partial charge in [0.05, 0.1) is 11.3 Å². The highest BCUT2D eigenvalue weighted by Crippen LogP contribution is 2.39. The summed E-state index contributed by atoms with van der Waals surface area (Å²) in [5.41, 5.74) is 1.85. The van der Waals surface area contributed by atoms with Gasteiger partial charge < -0.3 is 14.6 Å². The van der Waals surface area contributed by atoms with Gasteiger partial charge in [-0.05, 0) is 39.3 Å². The smallest absolute Gasteiger partial charge is 0.407 e. The van der Waals surface area contributed by atoms with Gasteiger partial charge in [0.2, 0.25) is 0 Å². The van der Waals surface area contributed by atoms with Crippen molar-refractivity contribution in [2.24, 2.45) is 0 Å². The van der Waals surface area contributed by atoms with E-state index < -0.39 is 11.7 Å². The molecule has 2 aromatic carbocycles. The molecular weight excluding hydrogens is 460 g/mol. The summed E-state index contributed by atoms with van der Waals surface area (Å²) in [6.07, 6.45) is 0.0228. The van der Waals surface area contributed by atoms with E-state index in [2.05, 4.69) is 21.2 Å². The number of fused-ring (bicyclic) bond motifs is 5. The molecule has 1 amide bonds. The molecule has 3 aromatic rings. The highest BCUT2D eigenvalue weighted by Gasteiger charge is 2.32. The van der Waals surface area contributed by atoms with Crippen molar-refractivity contribution in [3.05, 3.63) is 68.4 Å². The lowest BCUT2D eigenvalue weighted by Crippen LogP contribution is -2.33. The molecule has 7 heteroatoms. The zero-order chi connectivity index (χ0) is 22.3. The van der Waals surface area contributed by atoms with Gasteiger partial charge in [-0.1, -0.05) is 46.3 Å². The van der Waals surface area contributed by atoms with Crippen LogP contribution < -0.4 is 10.9 Å². The first kappa shape index (κ1) is 21.3. The minimum absolute atomic E-state index is 0.0708. The summed E-state index contributed by atoms with van der Waals surface area (Å²) in [7, 11) is 0. The van der Waals surface area contributed by atoms with Crippen molar-refractivity contribution < 1.29 is 14.3 Å². The Morgan fingerprint density at radius 3 is 2.48 bits per heavy atom. The molecule has 0 spiro atoms. The summed E-state index contributed by atoms with van der Waals surface area (Å²) in [4.78, 5) is 38.5. The van der Waals surface area contributed by atoms with Crippen LogP contribution in [0.25, 0.3) is 22.0 Å².